The monoisotopic (exact) mass is 290 g/mol. The van der Waals surface area contributed by atoms with Crippen LogP contribution in [0.4, 0.5) is 0 Å². The summed E-state index contributed by atoms with van der Waals surface area (Å²) >= 11 is 0. The van der Waals surface area contributed by atoms with Crippen molar-refractivity contribution in [1.29, 1.82) is 0 Å². The molecule has 1 N–H and O–H groups in total. The fraction of sp³-hybridized carbons (Fsp3) is 0.636. The second-order valence-corrected chi connectivity index (χ2v) is 3.94. The predicted molar refractivity (Wildman–Crippen MR) is 59.3 cm³/mol. The molecule has 0 aromatic rings. The molecule has 4 unspecified atom stereocenters. The van der Waals surface area contributed by atoms with E-state index < -0.39 is 47.9 Å². The molecule has 9 heteroatoms. The van der Waals surface area contributed by atoms with Crippen LogP contribution in [0.1, 0.15) is 0 Å². The summed E-state index contributed by atoms with van der Waals surface area (Å²) in [6, 6.07) is 0. The van der Waals surface area contributed by atoms with Crippen molar-refractivity contribution in [2.45, 2.75) is 12.2 Å². The van der Waals surface area contributed by atoms with Crippen molar-refractivity contribution in [3.63, 3.8) is 0 Å². The lowest BCUT2D eigenvalue weighted by Crippen LogP contribution is -2.40. The fourth-order valence-corrected chi connectivity index (χ4v) is 2.05. The summed E-state index contributed by atoms with van der Waals surface area (Å²) in [5.41, 5.74) is 0. The summed E-state index contributed by atoms with van der Waals surface area (Å²) in [5, 5.41) is 9.04. The van der Waals surface area contributed by atoms with Gasteiger partial charge in [0.25, 0.3) is 0 Å². The first-order chi connectivity index (χ1) is 9.38. The molecule has 4 atom stereocenters. The molecule has 1 aliphatic rings. The first kappa shape index (κ1) is 15.9. The highest BCUT2D eigenvalue weighted by Crippen LogP contribution is 2.35. The Kier molecular flexibility index (Phi) is 5.03. The minimum absolute atomic E-state index is 0.959. The lowest BCUT2D eigenvalue weighted by atomic mass is 9.87. The lowest BCUT2D eigenvalue weighted by molar-refractivity contribution is -0.165. The van der Waals surface area contributed by atoms with Crippen LogP contribution in [0.2, 0.25) is 0 Å². The van der Waals surface area contributed by atoms with Crippen LogP contribution in [0.5, 0.6) is 0 Å². The quantitative estimate of drug-likeness (QED) is 0.490. The highest BCUT2D eigenvalue weighted by atomic mass is 16.6. The van der Waals surface area contributed by atoms with Gasteiger partial charge < -0.3 is 24.1 Å². The average molecular weight is 290 g/mol. The molecule has 9 nitrogen and oxygen atoms in total. The third-order valence-corrected chi connectivity index (χ3v) is 2.96. The number of aliphatic carboxylic acids is 1. The zero-order chi connectivity index (χ0) is 15.4. The number of rotatable bonds is 4. The Bertz CT molecular complexity index is 430. The Balaban J connectivity index is 3.23. The number of carboxylic acid groups (broad SMARTS) is 1. The van der Waals surface area contributed by atoms with Gasteiger partial charge in [-0.25, -0.2) is 9.59 Å². The molecule has 0 amide bonds. The second kappa shape index (κ2) is 6.33. The number of hydrogen-bond acceptors (Lipinski definition) is 8. The Hall–Kier alpha value is -2.16. The number of esters is 3. The third-order valence-electron chi connectivity index (χ3n) is 2.96. The average Bonchev–Trinajstić information content (AvgIpc) is 2.85. The maximum Gasteiger partial charge on any atom is 0.335 e. The molecule has 20 heavy (non-hydrogen) atoms. The third kappa shape index (κ3) is 2.72. The van der Waals surface area contributed by atoms with Gasteiger partial charge in [0.15, 0.2) is 12.2 Å². The SMILES string of the molecule is COC(=O)C1OC(C(=O)O)C(C(=O)OC)C1C(=O)OC. The van der Waals surface area contributed by atoms with Crippen LogP contribution in [0, 0.1) is 11.8 Å². The van der Waals surface area contributed by atoms with Crippen LogP contribution in [-0.2, 0) is 38.1 Å². The molecule has 0 aromatic heterocycles. The van der Waals surface area contributed by atoms with Crippen molar-refractivity contribution < 1.29 is 43.2 Å². The Labute approximate surface area is 113 Å². The molecule has 112 valence electrons. The fourth-order valence-electron chi connectivity index (χ4n) is 2.05. The standard InChI is InChI=1S/C11H14O9/c1-17-9(14)4-5(10(15)18-2)7(11(16)19-3)20-6(4)8(12)13/h4-7H,1-3H3,(H,12,13). The second-order valence-electron chi connectivity index (χ2n) is 3.94. The Morgan fingerprint density at radius 3 is 1.55 bits per heavy atom. The molecule has 0 bridgehead atoms. The summed E-state index contributed by atoms with van der Waals surface area (Å²) in [6.45, 7) is 0. The first-order valence-corrected chi connectivity index (χ1v) is 5.50. The van der Waals surface area contributed by atoms with Crippen molar-refractivity contribution in [2.24, 2.45) is 11.8 Å². The van der Waals surface area contributed by atoms with Gasteiger partial charge in [-0.2, -0.15) is 0 Å². The van der Waals surface area contributed by atoms with Gasteiger partial charge in [0.2, 0.25) is 0 Å². The maximum absolute atomic E-state index is 11.7. The minimum Gasteiger partial charge on any atom is -0.479 e. The molecule has 1 rings (SSSR count). The molecule has 1 heterocycles. The highest BCUT2D eigenvalue weighted by Gasteiger charge is 2.58. The number of carbonyl (C=O) groups is 4. The summed E-state index contributed by atoms with van der Waals surface area (Å²) in [4.78, 5) is 46.1. The normalized spacial score (nSPS) is 28.6. The van der Waals surface area contributed by atoms with E-state index in [1.807, 2.05) is 0 Å². The van der Waals surface area contributed by atoms with Crippen LogP contribution in [0.25, 0.3) is 0 Å². The minimum atomic E-state index is -1.70. The van der Waals surface area contributed by atoms with E-state index in [4.69, 9.17) is 9.84 Å². The largest absolute Gasteiger partial charge is 0.479 e. The zero-order valence-electron chi connectivity index (χ0n) is 11.0. The summed E-state index contributed by atoms with van der Waals surface area (Å²) in [7, 11) is 3.11. The highest BCUT2D eigenvalue weighted by molar-refractivity contribution is 5.93. The summed E-state index contributed by atoms with van der Waals surface area (Å²) < 4.78 is 18.3. The van der Waals surface area contributed by atoms with Crippen LogP contribution >= 0.6 is 0 Å². The van der Waals surface area contributed by atoms with Crippen molar-refractivity contribution in [3.05, 3.63) is 0 Å². The van der Waals surface area contributed by atoms with E-state index in [0.717, 1.165) is 21.3 Å². The molecule has 0 aliphatic carbocycles. The predicted octanol–water partition coefficient (Wildman–Crippen LogP) is -1.41. The molecule has 1 saturated heterocycles. The van der Waals surface area contributed by atoms with Crippen LogP contribution < -0.4 is 0 Å². The van der Waals surface area contributed by atoms with Crippen LogP contribution in [0.15, 0.2) is 0 Å². The van der Waals surface area contributed by atoms with E-state index in [1.54, 1.807) is 0 Å². The molecule has 0 spiro atoms. The lowest BCUT2D eigenvalue weighted by Gasteiger charge is -2.17. The van der Waals surface area contributed by atoms with Gasteiger partial charge in [0.05, 0.1) is 21.3 Å². The van der Waals surface area contributed by atoms with Gasteiger partial charge in [-0.05, 0) is 0 Å². The Morgan fingerprint density at radius 1 is 0.800 bits per heavy atom. The summed E-state index contributed by atoms with van der Waals surface area (Å²) in [6.07, 6.45) is -3.24. The smallest absolute Gasteiger partial charge is 0.335 e. The molecule has 0 saturated carbocycles. The zero-order valence-corrected chi connectivity index (χ0v) is 11.0. The van der Waals surface area contributed by atoms with Gasteiger partial charge in [0, 0.05) is 0 Å². The van der Waals surface area contributed by atoms with E-state index >= 15 is 0 Å². The molecule has 1 aliphatic heterocycles. The van der Waals surface area contributed by atoms with Gasteiger partial charge in [-0.15, -0.1) is 0 Å². The number of carboxylic acids is 1. The van der Waals surface area contributed by atoms with E-state index in [0.29, 0.717) is 0 Å². The van der Waals surface area contributed by atoms with E-state index in [1.165, 1.54) is 0 Å². The molecular weight excluding hydrogens is 276 g/mol. The molecule has 0 radical (unpaired) electrons. The maximum atomic E-state index is 11.7. The topological polar surface area (TPSA) is 125 Å². The molecule has 1 fully saturated rings. The van der Waals surface area contributed by atoms with Crippen LogP contribution in [0.3, 0.4) is 0 Å². The molecule has 0 aromatic carbocycles. The summed E-state index contributed by atoms with van der Waals surface area (Å²) in [5.74, 6) is -7.35. The number of methoxy groups -OCH3 is 3. The van der Waals surface area contributed by atoms with E-state index in [9.17, 15) is 19.2 Å². The first-order valence-electron chi connectivity index (χ1n) is 5.50. The van der Waals surface area contributed by atoms with Gasteiger partial charge >= 0.3 is 23.9 Å². The van der Waals surface area contributed by atoms with Crippen molar-refractivity contribution in [3.8, 4) is 0 Å². The van der Waals surface area contributed by atoms with Crippen LogP contribution in [-0.4, -0.2) is 62.5 Å². The van der Waals surface area contributed by atoms with E-state index in [2.05, 4.69) is 14.2 Å². The Morgan fingerprint density at radius 2 is 1.20 bits per heavy atom. The van der Waals surface area contributed by atoms with Gasteiger partial charge in [-0.1, -0.05) is 0 Å². The van der Waals surface area contributed by atoms with Gasteiger partial charge in [0.1, 0.15) is 11.8 Å². The number of hydrogen-bond donors (Lipinski definition) is 1. The number of carbonyl (C=O) groups excluding carboxylic acids is 3. The van der Waals surface area contributed by atoms with Crippen molar-refractivity contribution >= 4 is 23.9 Å². The molecular formula is C11H14O9. The van der Waals surface area contributed by atoms with E-state index in [-0.39, 0.29) is 0 Å². The van der Waals surface area contributed by atoms with Crippen molar-refractivity contribution in [2.75, 3.05) is 21.3 Å². The van der Waals surface area contributed by atoms with Crippen molar-refractivity contribution in [1.82, 2.24) is 0 Å². The van der Waals surface area contributed by atoms with Gasteiger partial charge in [-0.3, -0.25) is 9.59 Å². The number of ether oxygens (including phenoxy) is 4.